The summed E-state index contributed by atoms with van der Waals surface area (Å²) in [5, 5.41) is 1.24. The number of carbonyl (C=O) groups is 1. The van der Waals surface area contributed by atoms with Gasteiger partial charge in [-0.1, -0.05) is 44.0 Å². The van der Waals surface area contributed by atoms with Crippen molar-refractivity contribution in [2.75, 3.05) is 20.7 Å². The zero-order valence-corrected chi connectivity index (χ0v) is 16.3. The average Bonchev–Trinajstić information content (AvgIpc) is 2.97. The first-order chi connectivity index (χ1) is 12.5. The molecule has 1 aliphatic rings. The standard InChI is InChI=1S/C22H30N2O2/c1-5-26-16(2)22-21(17-11-7-6-8-12-17)18-13-9-10-14-19(18)24(22)15-20(25)23(3)4/h9-10,13-14,17H,2,5-8,11-12,15H2,1,3-4H3. The lowest BCUT2D eigenvalue weighted by Gasteiger charge is -2.24. The van der Waals surface area contributed by atoms with Gasteiger partial charge in [0.25, 0.3) is 0 Å². The third kappa shape index (κ3) is 3.50. The number of benzene rings is 1. The first kappa shape index (κ1) is 18.6. The van der Waals surface area contributed by atoms with Crippen molar-refractivity contribution >= 4 is 22.6 Å². The summed E-state index contributed by atoms with van der Waals surface area (Å²) in [5.74, 6) is 1.26. The van der Waals surface area contributed by atoms with Crippen molar-refractivity contribution in [3.63, 3.8) is 0 Å². The number of amides is 1. The zero-order chi connectivity index (χ0) is 18.7. The molecule has 0 bridgehead atoms. The second kappa shape index (κ2) is 7.98. The molecule has 0 aliphatic heterocycles. The highest BCUT2D eigenvalue weighted by Crippen LogP contribution is 2.42. The van der Waals surface area contributed by atoms with Crippen molar-refractivity contribution in [3.05, 3.63) is 42.1 Å². The van der Waals surface area contributed by atoms with Gasteiger partial charge in [-0.2, -0.15) is 0 Å². The number of fused-ring (bicyclic) bond motifs is 1. The number of rotatable bonds is 6. The van der Waals surface area contributed by atoms with E-state index in [1.54, 1.807) is 19.0 Å². The third-order valence-corrected chi connectivity index (χ3v) is 5.40. The van der Waals surface area contributed by atoms with Gasteiger partial charge in [0, 0.05) is 25.0 Å². The molecule has 0 unspecified atom stereocenters. The fraction of sp³-hybridized carbons (Fsp3) is 0.500. The molecule has 1 aromatic heterocycles. The summed E-state index contributed by atoms with van der Waals surface area (Å²) in [6.07, 6.45) is 6.24. The summed E-state index contributed by atoms with van der Waals surface area (Å²) in [6, 6.07) is 8.41. The van der Waals surface area contributed by atoms with E-state index in [9.17, 15) is 4.79 Å². The predicted molar refractivity (Wildman–Crippen MR) is 107 cm³/mol. The molecule has 1 fully saturated rings. The Morgan fingerprint density at radius 3 is 2.58 bits per heavy atom. The number of likely N-dealkylation sites (N-methyl/N-ethyl adjacent to an activating group) is 1. The Bertz CT molecular complexity index is 798. The Morgan fingerprint density at radius 2 is 1.92 bits per heavy atom. The molecule has 4 nitrogen and oxygen atoms in total. The van der Waals surface area contributed by atoms with Crippen molar-refractivity contribution in [1.29, 1.82) is 0 Å². The molecule has 0 N–H and O–H groups in total. The fourth-order valence-electron chi connectivity index (χ4n) is 4.12. The van der Waals surface area contributed by atoms with Crippen LogP contribution in [0.4, 0.5) is 0 Å². The number of carbonyl (C=O) groups excluding carboxylic acids is 1. The van der Waals surface area contributed by atoms with Gasteiger partial charge in [-0.05, 0) is 37.3 Å². The molecule has 140 valence electrons. The molecule has 0 atom stereocenters. The highest BCUT2D eigenvalue weighted by atomic mass is 16.5. The molecule has 26 heavy (non-hydrogen) atoms. The van der Waals surface area contributed by atoms with E-state index in [1.807, 2.05) is 13.0 Å². The van der Waals surface area contributed by atoms with E-state index < -0.39 is 0 Å². The maximum absolute atomic E-state index is 12.5. The molecule has 1 saturated carbocycles. The van der Waals surface area contributed by atoms with Gasteiger partial charge >= 0.3 is 0 Å². The molecule has 1 aliphatic carbocycles. The molecule has 1 aromatic carbocycles. The Labute approximate surface area is 156 Å². The van der Waals surface area contributed by atoms with Gasteiger partial charge in [-0.15, -0.1) is 0 Å². The van der Waals surface area contributed by atoms with Crippen molar-refractivity contribution in [3.8, 4) is 0 Å². The van der Waals surface area contributed by atoms with Crippen molar-refractivity contribution < 1.29 is 9.53 Å². The van der Waals surface area contributed by atoms with Crippen LogP contribution in [0.5, 0.6) is 0 Å². The summed E-state index contributed by atoms with van der Waals surface area (Å²) in [5.41, 5.74) is 3.43. The lowest BCUT2D eigenvalue weighted by Crippen LogP contribution is -2.27. The quantitative estimate of drug-likeness (QED) is 0.699. The number of hydrogen-bond donors (Lipinski definition) is 0. The SMILES string of the molecule is C=C(OCC)c1c(C2CCCCC2)c2ccccc2n1CC(=O)N(C)C. The second-order valence-corrected chi connectivity index (χ2v) is 7.34. The Hall–Kier alpha value is -2.23. The van der Waals surface area contributed by atoms with Crippen LogP contribution >= 0.6 is 0 Å². The number of nitrogens with zero attached hydrogens (tertiary/aromatic N) is 2. The van der Waals surface area contributed by atoms with Crippen LogP contribution in [0.1, 0.15) is 56.2 Å². The van der Waals surface area contributed by atoms with Crippen LogP contribution in [-0.4, -0.2) is 36.1 Å². The molecule has 1 heterocycles. The minimum absolute atomic E-state index is 0.0755. The van der Waals surface area contributed by atoms with Gasteiger partial charge in [0.2, 0.25) is 5.91 Å². The molecule has 2 aromatic rings. The highest BCUT2D eigenvalue weighted by molar-refractivity contribution is 5.91. The smallest absolute Gasteiger partial charge is 0.242 e. The van der Waals surface area contributed by atoms with E-state index in [-0.39, 0.29) is 5.91 Å². The zero-order valence-electron chi connectivity index (χ0n) is 16.3. The summed E-state index contributed by atoms with van der Waals surface area (Å²) in [6.45, 7) is 7.07. The van der Waals surface area contributed by atoms with Crippen molar-refractivity contribution in [1.82, 2.24) is 9.47 Å². The minimum Gasteiger partial charge on any atom is -0.492 e. The summed E-state index contributed by atoms with van der Waals surface area (Å²) < 4.78 is 7.94. The van der Waals surface area contributed by atoms with E-state index in [4.69, 9.17) is 4.74 Å². The monoisotopic (exact) mass is 354 g/mol. The fourth-order valence-corrected chi connectivity index (χ4v) is 4.12. The van der Waals surface area contributed by atoms with Gasteiger partial charge in [0.15, 0.2) is 0 Å². The van der Waals surface area contributed by atoms with Crippen LogP contribution in [0.3, 0.4) is 0 Å². The van der Waals surface area contributed by atoms with E-state index in [0.29, 0.717) is 24.8 Å². The van der Waals surface area contributed by atoms with Crippen molar-refractivity contribution in [2.45, 2.75) is 51.5 Å². The van der Waals surface area contributed by atoms with E-state index in [0.717, 1.165) is 11.2 Å². The average molecular weight is 354 g/mol. The lowest BCUT2D eigenvalue weighted by molar-refractivity contribution is -0.129. The molecular weight excluding hydrogens is 324 g/mol. The maximum atomic E-state index is 12.5. The normalized spacial score (nSPS) is 15.2. The lowest BCUT2D eigenvalue weighted by atomic mass is 9.82. The first-order valence-electron chi connectivity index (χ1n) is 9.68. The molecule has 3 rings (SSSR count). The van der Waals surface area contributed by atoms with Crippen LogP contribution in [0.15, 0.2) is 30.8 Å². The maximum Gasteiger partial charge on any atom is 0.242 e. The minimum atomic E-state index is 0.0755. The molecule has 0 radical (unpaired) electrons. The van der Waals surface area contributed by atoms with Crippen LogP contribution in [-0.2, 0) is 16.1 Å². The largest absolute Gasteiger partial charge is 0.492 e. The van der Waals surface area contributed by atoms with Crippen LogP contribution in [0.2, 0.25) is 0 Å². The number of para-hydroxylation sites is 1. The number of hydrogen-bond acceptors (Lipinski definition) is 2. The summed E-state index contributed by atoms with van der Waals surface area (Å²) >= 11 is 0. The van der Waals surface area contributed by atoms with Gasteiger partial charge in [0.05, 0.1) is 12.3 Å². The first-order valence-corrected chi connectivity index (χ1v) is 9.68. The van der Waals surface area contributed by atoms with Gasteiger partial charge in [-0.25, -0.2) is 0 Å². The molecule has 1 amide bonds. The Morgan fingerprint density at radius 1 is 1.23 bits per heavy atom. The van der Waals surface area contributed by atoms with E-state index in [2.05, 4.69) is 29.3 Å². The molecule has 4 heteroatoms. The Kier molecular flexibility index (Phi) is 5.70. The number of aromatic nitrogens is 1. The molecule has 0 saturated heterocycles. The number of ether oxygens (including phenoxy) is 1. The van der Waals surface area contributed by atoms with Crippen LogP contribution < -0.4 is 0 Å². The third-order valence-electron chi connectivity index (χ3n) is 5.40. The van der Waals surface area contributed by atoms with E-state index in [1.165, 1.54) is 43.1 Å². The second-order valence-electron chi connectivity index (χ2n) is 7.34. The van der Waals surface area contributed by atoms with Gasteiger partial charge in [0.1, 0.15) is 12.3 Å². The molecule has 0 spiro atoms. The molecular formula is C22H30N2O2. The summed E-state index contributed by atoms with van der Waals surface area (Å²) in [7, 11) is 3.60. The van der Waals surface area contributed by atoms with Crippen LogP contribution in [0, 0.1) is 0 Å². The highest BCUT2D eigenvalue weighted by Gasteiger charge is 2.28. The van der Waals surface area contributed by atoms with Crippen LogP contribution in [0.25, 0.3) is 16.7 Å². The summed E-state index contributed by atoms with van der Waals surface area (Å²) in [4.78, 5) is 14.1. The van der Waals surface area contributed by atoms with Crippen molar-refractivity contribution in [2.24, 2.45) is 0 Å². The van der Waals surface area contributed by atoms with E-state index >= 15 is 0 Å². The Balaban J connectivity index is 2.20. The van der Waals surface area contributed by atoms with Gasteiger partial charge in [-0.3, -0.25) is 4.79 Å². The van der Waals surface area contributed by atoms with Gasteiger partial charge < -0.3 is 14.2 Å². The topological polar surface area (TPSA) is 34.5 Å². The predicted octanol–water partition coefficient (Wildman–Crippen LogP) is 4.78.